The van der Waals surface area contributed by atoms with Crippen molar-refractivity contribution >= 4 is 49.7 Å². The van der Waals surface area contributed by atoms with E-state index >= 15 is 0 Å². The molecule has 4 saturated carbocycles. The third kappa shape index (κ3) is 6.54. The van der Waals surface area contributed by atoms with E-state index in [-0.39, 0.29) is 60.4 Å². The second-order valence-electron chi connectivity index (χ2n) is 17.9. The Hall–Kier alpha value is -0.320. The van der Waals surface area contributed by atoms with Crippen molar-refractivity contribution in [3.63, 3.8) is 0 Å². The van der Waals surface area contributed by atoms with Crippen molar-refractivity contribution in [1.29, 1.82) is 0 Å². The van der Waals surface area contributed by atoms with Gasteiger partial charge in [-0.1, -0.05) is 91.5 Å². The summed E-state index contributed by atoms with van der Waals surface area (Å²) in [5, 5.41) is 23.7. The summed E-state index contributed by atoms with van der Waals surface area (Å²) in [6.45, 7) is 18.0. The molecule has 4 unspecified atom stereocenters. The third-order valence-electron chi connectivity index (χ3n) is 15.1. The summed E-state index contributed by atoms with van der Waals surface area (Å²) in [6, 6.07) is 0. The quantitative estimate of drug-likeness (QED) is 0.234. The molecule has 6 aliphatic rings. The molecule has 0 amide bonds. The summed E-state index contributed by atoms with van der Waals surface area (Å²) in [5.41, 5.74) is 2.35. The van der Waals surface area contributed by atoms with Crippen LogP contribution in [0.15, 0.2) is 23.3 Å². The minimum atomic E-state index is -0.823. The number of carbonyl (C=O) groups is 2. The Labute approximate surface area is 305 Å². The molecule has 5 heteroatoms. The fourth-order valence-corrected chi connectivity index (χ4v) is 12.1. The first-order valence-electron chi connectivity index (χ1n) is 18.4. The Morgan fingerprint density at radius 2 is 1.00 bits per heavy atom. The minimum absolute atomic E-state index is 0. The van der Waals surface area contributed by atoms with Crippen molar-refractivity contribution in [2.45, 2.75) is 145 Å². The molecule has 0 heterocycles. The van der Waals surface area contributed by atoms with Gasteiger partial charge in [-0.2, -0.15) is 0 Å². The number of carboxylic acid groups (broad SMARTS) is 2. The molecule has 0 N–H and O–H groups in total. The van der Waals surface area contributed by atoms with Crippen molar-refractivity contribution in [2.24, 2.45) is 69.0 Å². The van der Waals surface area contributed by atoms with Crippen molar-refractivity contribution in [3.8, 4) is 0 Å². The van der Waals surface area contributed by atoms with Gasteiger partial charge in [0, 0.05) is 22.8 Å². The van der Waals surface area contributed by atoms with E-state index in [2.05, 4.69) is 53.7 Å². The van der Waals surface area contributed by atoms with Gasteiger partial charge in [0.2, 0.25) is 0 Å². The number of hydrogen-bond donors (Lipinski definition) is 0. The number of rotatable bonds is 4. The van der Waals surface area contributed by atoms with E-state index < -0.39 is 22.8 Å². The van der Waals surface area contributed by atoms with Gasteiger partial charge in [0.15, 0.2) is 0 Å². The van der Waals surface area contributed by atoms with E-state index in [4.69, 9.17) is 0 Å². The number of fused-ring (bicyclic) bond motifs is 6. The summed E-state index contributed by atoms with van der Waals surface area (Å²) in [5.74, 6) is 3.23. The number of aliphatic carboxylic acids is 2. The molecular weight excluding hydrogens is 585 g/mol. The fourth-order valence-electron chi connectivity index (χ4n) is 12.1. The first kappa shape index (κ1) is 37.5. The average molecular weight is 647 g/mol. The summed E-state index contributed by atoms with van der Waals surface area (Å²) in [4.78, 5) is 23.7. The van der Waals surface area contributed by atoms with Gasteiger partial charge in [0.25, 0.3) is 0 Å². The van der Waals surface area contributed by atoms with Crippen LogP contribution in [0, 0.1) is 69.0 Å². The van der Waals surface area contributed by atoms with Crippen molar-refractivity contribution in [3.05, 3.63) is 23.3 Å². The number of allylic oxidation sites excluding steroid dienone is 4. The second kappa shape index (κ2) is 13.9. The zero-order valence-electron chi connectivity index (χ0n) is 30.0. The molecule has 6 aliphatic carbocycles. The van der Waals surface area contributed by atoms with Gasteiger partial charge in [0.05, 0.1) is 0 Å². The third-order valence-corrected chi connectivity index (χ3v) is 15.1. The van der Waals surface area contributed by atoms with E-state index in [1.54, 1.807) is 11.1 Å². The van der Waals surface area contributed by atoms with Crippen LogP contribution in [0.25, 0.3) is 0 Å². The van der Waals surface area contributed by atoms with Crippen LogP contribution in [0.5, 0.6) is 0 Å². The van der Waals surface area contributed by atoms with Gasteiger partial charge in [-0.25, -0.2) is 0 Å². The van der Waals surface area contributed by atoms with Crippen LogP contribution in [-0.4, -0.2) is 49.7 Å². The van der Waals surface area contributed by atoms with Crippen LogP contribution in [0.3, 0.4) is 0 Å². The molecule has 0 bridgehead atoms. The Morgan fingerprint density at radius 3 is 1.31 bits per heavy atom. The summed E-state index contributed by atoms with van der Waals surface area (Å²) < 4.78 is 0. The maximum Gasteiger partial charge on any atom is 2.00 e. The van der Waals surface area contributed by atoms with E-state index in [0.29, 0.717) is 11.8 Å². The largest absolute Gasteiger partial charge is 2.00 e. The topological polar surface area (TPSA) is 80.3 Å². The maximum absolute atomic E-state index is 11.8. The molecule has 10 atom stereocenters. The Bertz CT molecular complexity index is 1080. The molecule has 45 heavy (non-hydrogen) atoms. The molecule has 0 saturated heterocycles. The van der Waals surface area contributed by atoms with Crippen LogP contribution in [0.4, 0.5) is 0 Å². The van der Waals surface area contributed by atoms with Crippen LogP contribution in [0.2, 0.25) is 0 Å². The van der Waals surface area contributed by atoms with Crippen molar-refractivity contribution < 1.29 is 19.8 Å². The minimum Gasteiger partial charge on any atom is -0.550 e. The first-order valence-corrected chi connectivity index (χ1v) is 18.4. The van der Waals surface area contributed by atoms with Crippen LogP contribution in [0.1, 0.15) is 145 Å². The molecule has 4 nitrogen and oxygen atoms in total. The van der Waals surface area contributed by atoms with Gasteiger partial charge >= 0.3 is 37.7 Å². The zero-order chi connectivity index (χ0) is 32.2. The number of hydrogen-bond acceptors (Lipinski definition) is 4. The predicted octanol–water partition coefficient (Wildman–Crippen LogP) is 7.52. The summed E-state index contributed by atoms with van der Waals surface area (Å²) in [7, 11) is 0. The second-order valence-corrected chi connectivity index (χ2v) is 17.9. The maximum atomic E-state index is 11.8. The molecule has 0 aromatic carbocycles. The molecule has 0 aromatic rings. The summed E-state index contributed by atoms with van der Waals surface area (Å²) in [6.07, 6.45) is 20.4. The molecule has 0 aromatic heterocycles. The molecule has 0 radical (unpaired) electrons. The van der Waals surface area contributed by atoms with E-state index in [1.165, 1.54) is 51.4 Å². The molecule has 6 rings (SSSR count). The average Bonchev–Trinajstić information content (AvgIpc) is 2.96. The molecule has 0 spiro atoms. The van der Waals surface area contributed by atoms with Gasteiger partial charge in [-0.05, 0) is 135 Å². The summed E-state index contributed by atoms with van der Waals surface area (Å²) >= 11 is 0. The van der Waals surface area contributed by atoms with Gasteiger partial charge < -0.3 is 19.8 Å². The van der Waals surface area contributed by atoms with Crippen molar-refractivity contribution in [1.82, 2.24) is 0 Å². The van der Waals surface area contributed by atoms with E-state index in [9.17, 15) is 19.8 Å². The van der Waals surface area contributed by atoms with Crippen LogP contribution < -0.4 is 10.2 Å². The van der Waals surface area contributed by atoms with Gasteiger partial charge in [0.1, 0.15) is 0 Å². The first-order chi connectivity index (χ1) is 20.6. The fraction of sp³-hybridized carbons (Fsp3) is 0.850. The van der Waals surface area contributed by atoms with E-state index in [1.807, 2.05) is 13.8 Å². The van der Waals surface area contributed by atoms with Crippen molar-refractivity contribution in [2.75, 3.05) is 0 Å². The molecule has 248 valence electrons. The zero-order valence-corrected chi connectivity index (χ0v) is 32.2. The van der Waals surface area contributed by atoms with E-state index in [0.717, 1.165) is 62.2 Å². The normalized spacial score (nSPS) is 44.0. The Balaban J connectivity index is 0.000000200. The SMILES string of the molecule is CC(C)C1CC[C@H]2C(=CCC3[C@](C)(C(=O)[O-])CCC[C@@]32C)C1.CC(C)C1CC[C@H]2C(=CCC3[C@](C)(C(=O)[O-])CCC[C@@]32C)C1.[Ca+2]. The monoisotopic (exact) mass is 646 g/mol. The molecule has 4 fully saturated rings. The Kier molecular flexibility index (Phi) is 11.6. The number of carboxylic acids is 2. The van der Waals surface area contributed by atoms with Crippen LogP contribution in [-0.2, 0) is 9.59 Å². The molecule has 0 aliphatic heterocycles. The number of carbonyl (C=O) groups excluding carboxylic acids is 2. The molecular formula is C40H62CaO4. The smallest absolute Gasteiger partial charge is 0.550 e. The Morgan fingerprint density at radius 1 is 0.644 bits per heavy atom. The van der Waals surface area contributed by atoms with Gasteiger partial charge in [-0.15, -0.1) is 0 Å². The van der Waals surface area contributed by atoms with Gasteiger partial charge in [-0.3, -0.25) is 0 Å². The van der Waals surface area contributed by atoms with Crippen LogP contribution >= 0.6 is 0 Å². The standard InChI is InChI=1S/2C20H32O2.Ca/c2*1-13(2)14-6-8-16-15(12-14)7-9-17-19(16,3)10-5-11-20(17,4)18(21)22;/h2*7,13-14,16-17H,5-6,8-12H2,1-4H3,(H,21,22);/q;;+2/p-2/t2*14?,16-,17?,19+,20+;/m00./s1. The predicted molar refractivity (Wildman–Crippen MR) is 180 cm³/mol.